The molecule has 6 nitrogen and oxygen atoms in total. The number of rotatable bonds is 6. The summed E-state index contributed by atoms with van der Waals surface area (Å²) in [5, 5.41) is 13.2. The van der Waals surface area contributed by atoms with Crippen LogP contribution in [-0.4, -0.2) is 44.2 Å². The van der Waals surface area contributed by atoms with Gasteiger partial charge in [0.15, 0.2) is 5.65 Å². The molecule has 0 amide bonds. The van der Waals surface area contributed by atoms with Crippen molar-refractivity contribution in [3.8, 4) is 0 Å². The summed E-state index contributed by atoms with van der Waals surface area (Å²) in [6.45, 7) is 10.6. The highest BCUT2D eigenvalue weighted by molar-refractivity contribution is 5.76. The van der Waals surface area contributed by atoms with E-state index in [1.54, 1.807) is 0 Å². The maximum absolute atomic E-state index is 9.43. The largest absolute Gasteiger partial charge is 0.396 e. The van der Waals surface area contributed by atoms with Crippen LogP contribution < -0.4 is 5.32 Å². The van der Waals surface area contributed by atoms with E-state index in [9.17, 15) is 5.11 Å². The van der Waals surface area contributed by atoms with Gasteiger partial charge in [-0.1, -0.05) is 31.2 Å². The Bertz CT molecular complexity index is 1460. The molecule has 4 aromatic rings. The van der Waals surface area contributed by atoms with Gasteiger partial charge in [-0.25, -0.2) is 9.97 Å². The number of benzene rings is 2. The van der Waals surface area contributed by atoms with Crippen LogP contribution in [0.25, 0.3) is 11.2 Å². The molecule has 6 rings (SSSR count). The molecule has 0 radical (unpaired) electrons. The summed E-state index contributed by atoms with van der Waals surface area (Å²) in [6, 6.07) is 15.9. The fourth-order valence-corrected chi connectivity index (χ4v) is 6.22. The van der Waals surface area contributed by atoms with E-state index >= 15 is 0 Å². The van der Waals surface area contributed by atoms with Crippen molar-refractivity contribution in [2.45, 2.75) is 66.0 Å². The molecule has 0 bridgehead atoms. The Morgan fingerprint density at radius 2 is 1.55 bits per heavy atom. The van der Waals surface area contributed by atoms with E-state index < -0.39 is 0 Å². The first-order chi connectivity index (χ1) is 18.5. The first kappa shape index (κ1) is 25.1. The SMILES string of the molecule is CCc1nc2c(C)cc(C)nc2n1Cc1ccc2c(c1)CCc1cc(CN3CCC(CO)CC3)ccc1N2. The van der Waals surface area contributed by atoms with Crippen LogP contribution in [0.2, 0.25) is 0 Å². The van der Waals surface area contributed by atoms with E-state index in [0.29, 0.717) is 12.5 Å². The summed E-state index contributed by atoms with van der Waals surface area (Å²) in [5.74, 6) is 1.58. The standard InChI is InChI=1S/C32H39N5O/c1-4-30-35-31-21(2)15-22(3)33-32(31)37(30)19-25-6-10-29-27(17-25)8-7-26-16-24(5-9-28(26)34-29)18-36-13-11-23(20-38)12-14-36/h5-6,9-10,15-17,23,34,38H,4,7-8,11-14,18-20H2,1-3H3. The van der Waals surface area contributed by atoms with Crippen molar-refractivity contribution in [1.82, 2.24) is 19.4 Å². The van der Waals surface area contributed by atoms with Gasteiger partial charge < -0.3 is 15.0 Å². The topological polar surface area (TPSA) is 66.2 Å². The molecule has 0 unspecified atom stereocenters. The Labute approximate surface area is 225 Å². The van der Waals surface area contributed by atoms with E-state index in [4.69, 9.17) is 9.97 Å². The van der Waals surface area contributed by atoms with Gasteiger partial charge in [0.25, 0.3) is 0 Å². The van der Waals surface area contributed by atoms with Crippen LogP contribution in [0, 0.1) is 19.8 Å². The fourth-order valence-electron chi connectivity index (χ4n) is 6.22. The average molecular weight is 510 g/mol. The number of pyridine rings is 1. The number of piperidine rings is 1. The molecule has 0 saturated carbocycles. The van der Waals surface area contributed by atoms with Crippen LogP contribution in [0.5, 0.6) is 0 Å². The van der Waals surface area contributed by atoms with Crippen molar-refractivity contribution >= 4 is 22.5 Å². The first-order valence-electron chi connectivity index (χ1n) is 14.2. The van der Waals surface area contributed by atoms with Gasteiger partial charge in [-0.2, -0.15) is 0 Å². The zero-order chi connectivity index (χ0) is 26.2. The maximum atomic E-state index is 9.43. The molecule has 0 atom stereocenters. The summed E-state index contributed by atoms with van der Waals surface area (Å²) in [5.41, 5.74) is 12.1. The second-order valence-corrected chi connectivity index (χ2v) is 11.2. The van der Waals surface area contributed by atoms with Gasteiger partial charge in [-0.15, -0.1) is 0 Å². The van der Waals surface area contributed by atoms with Crippen LogP contribution >= 0.6 is 0 Å². The number of hydrogen-bond acceptors (Lipinski definition) is 5. The van der Waals surface area contributed by atoms with Gasteiger partial charge in [0.05, 0.1) is 6.54 Å². The highest BCUT2D eigenvalue weighted by Gasteiger charge is 2.20. The molecule has 0 aliphatic carbocycles. The minimum absolute atomic E-state index is 0.329. The van der Waals surface area contributed by atoms with Crippen LogP contribution in [0.1, 0.15) is 59.1 Å². The fraction of sp³-hybridized carbons (Fsp3) is 0.438. The number of hydrogen-bond donors (Lipinski definition) is 2. The number of fused-ring (bicyclic) bond motifs is 3. The summed E-state index contributed by atoms with van der Waals surface area (Å²) >= 11 is 0. The molecule has 2 aromatic heterocycles. The lowest BCUT2D eigenvalue weighted by atomic mass is 9.97. The molecule has 2 aliphatic rings. The summed E-state index contributed by atoms with van der Waals surface area (Å²) in [4.78, 5) is 12.3. The van der Waals surface area contributed by atoms with E-state index in [0.717, 1.165) is 81.0 Å². The lowest BCUT2D eigenvalue weighted by molar-refractivity contribution is 0.127. The van der Waals surface area contributed by atoms with Crippen LogP contribution in [0.3, 0.4) is 0 Å². The Balaban J connectivity index is 1.20. The Kier molecular flexibility index (Phi) is 6.93. The molecule has 1 saturated heterocycles. The van der Waals surface area contributed by atoms with E-state index in [2.05, 4.69) is 78.0 Å². The third-order valence-electron chi connectivity index (χ3n) is 8.40. The molecular formula is C32H39N5O. The molecule has 198 valence electrons. The molecular weight excluding hydrogens is 470 g/mol. The number of aromatic nitrogens is 3. The van der Waals surface area contributed by atoms with Crippen LogP contribution in [0.4, 0.5) is 11.4 Å². The summed E-state index contributed by atoms with van der Waals surface area (Å²) in [6.07, 6.45) is 5.15. The number of anilines is 2. The number of imidazole rings is 1. The lowest BCUT2D eigenvalue weighted by Crippen LogP contribution is -2.34. The van der Waals surface area contributed by atoms with E-state index in [1.807, 2.05) is 0 Å². The third kappa shape index (κ3) is 4.95. The number of likely N-dealkylation sites (tertiary alicyclic amines) is 1. The highest BCUT2D eigenvalue weighted by atomic mass is 16.3. The molecule has 38 heavy (non-hydrogen) atoms. The molecule has 6 heteroatoms. The van der Waals surface area contributed by atoms with Crippen molar-refractivity contribution in [3.63, 3.8) is 0 Å². The zero-order valence-electron chi connectivity index (χ0n) is 22.9. The van der Waals surface area contributed by atoms with Gasteiger partial charge in [0, 0.05) is 36.6 Å². The third-order valence-corrected chi connectivity index (χ3v) is 8.40. The lowest BCUT2D eigenvalue weighted by Gasteiger charge is -2.31. The second-order valence-electron chi connectivity index (χ2n) is 11.2. The van der Waals surface area contributed by atoms with Crippen molar-refractivity contribution in [3.05, 3.63) is 81.8 Å². The predicted molar refractivity (Wildman–Crippen MR) is 154 cm³/mol. The van der Waals surface area contributed by atoms with Crippen molar-refractivity contribution in [2.75, 3.05) is 25.0 Å². The molecule has 4 heterocycles. The van der Waals surface area contributed by atoms with Crippen molar-refractivity contribution in [1.29, 1.82) is 0 Å². The Morgan fingerprint density at radius 3 is 2.18 bits per heavy atom. The average Bonchev–Trinajstić information content (AvgIpc) is 3.16. The first-order valence-corrected chi connectivity index (χ1v) is 14.2. The van der Waals surface area contributed by atoms with Gasteiger partial charge in [0.2, 0.25) is 0 Å². The number of aliphatic hydroxyl groups is 1. The summed E-state index contributed by atoms with van der Waals surface area (Å²) in [7, 11) is 0. The van der Waals surface area contributed by atoms with Crippen LogP contribution in [-0.2, 0) is 32.4 Å². The summed E-state index contributed by atoms with van der Waals surface area (Å²) < 4.78 is 2.30. The normalized spacial score (nSPS) is 16.2. The van der Waals surface area contributed by atoms with Crippen molar-refractivity contribution < 1.29 is 5.11 Å². The molecule has 0 spiro atoms. The number of aryl methyl sites for hydroxylation is 5. The second kappa shape index (κ2) is 10.5. The molecule has 2 N–H and O–H groups in total. The Hall–Kier alpha value is -3.22. The number of nitrogens with one attached hydrogen (secondary N) is 1. The molecule has 1 fully saturated rings. The highest BCUT2D eigenvalue weighted by Crippen LogP contribution is 2.32. The maximum Gasteiger partial charge on any atom is 0.160 e. The number of aliphatic hydroxyl groups excluding tert-OH is 1. The van der Waals surface area contributed by atoms with Gasteiger partial charge >= 0.3 is 0 Å². The minimum Gasteiger partial charge on any atom is -0.396 e. The zero-order valence-corrected chi connectivity index (χ0v) is 22.9. The molecule has 2 aliphatic heterocycles. The smallest absolute Gasteiger partial charge is 0.160 e. The monoisotopic (exact) mass is 509 g/mol. The predicted octanol–water partition coefficient (Wildman–Crippen LogP) is 5.71. The number of nitrogens with zero attached hydrogens (tertiary/aromatic N) is 4. The van der Waals surface area contributed by atoms with Crippen LogP contribution in [0.15, 0.2) is 42.5 Å². The van der Waals surface area contributed by atoms with E-state index in [1.165, 1.54) is 39.2 Å². The van der Waals surface area contributed by atoms with Crippen molar-refractivity contribution in [2.24, 2.45) is 5.92 Å². The Morgan fingerprint density at radius 1 is 0.895 bits per heavy atom. The quantitative estimate of drug-likeness (QED) is 0.349. The minimum atomic E-state index is 0.329. The van der Waals surface area contributed by atoms with Gasteiger partial charge in [0.1, 0.15) is 11.3 Å². The molecule has 2 aromatic carbocycles. The van der Waals surface area contributed by atoms with Gasteiger partial charge in [-0.05, 0) is 105 Å². The van der Waals surface area contributed by atoms with E-state index in [-0.39, 0.29) is 0 Å². The van der Waals surface area contributed by atoms with Gasteiger partial charge in [-0.3, -0.25) is 4.90 Å².